The molecule has 1 aromatic carbocycles. The van der Waals surface area contributed by atoms with Crippen LogP contribution in [-0.2, 0) is 4.74 Å². The fraction of sp³-hybridized carbons (Fsp3) is 0.500. The zero-order valence-corrected chi connectivity index (χ0v) is 11.8. The lowest BCUT2D eigenvalue weighted by Gasteiger charge is -2.46. The number of nitrogens with two attached hydrogens (primary N) is 1. The molecule has 1 aliphatic heterocycles. The summed E-state index contributed by atoms with van der Waals surface area (Å²) in [4.78, 5) is 16.0. The van der Waals surface area contributed by atoms with E-state index in [1.54, 1.807) is 12.1 Å². The molecule has 1 saturated carbocycles. The maximum atomic E-state index is 11.5. The molecule has 21 heavy (non-hydrogen) atoms. The van der Waals surface area contributed by atoms with Crippen molar-refractivity contribution in [2.45, 2.75) is 50.2 Å². The van der Waals surface area contributed by atoms with Gasteiger partial charge in [-0.05, 0) is 50.7 Å². The lowest BCUT2D eigenvalue weighted by molar-refractivity contribution is -0.177. The Morgan fingerprint density at radius 3 is 2.81 bits per heavy atom. The molecule has 2 fully saturated rings. The van der Waals surface area contributed by atoms with Crippen LogP contribution in [0, 0.1) is 0 Å². The second-order valence-corrected chi connectivity index (χ2v) is 6.11. The highest BCUT2D eigenvalue weighted by molar-refractivity contribution is 6.03. The number of benzene rings is 1. The Kier molecular flexibility index (Phi) is 2.79. The average Bonchev–Trinajstić information content (AvgIpc) is 2.89. The normalized spacial score (nSPS) is 24.1. The molecule has 2 heterocycles. The number of hydrogen-bond donors (Lipinski definition) is 1. The highest BCUT2D eigenvalue weighted by Gasteiger charge is 2.43. The Bertz CT molecular complexity index is 703. The fourth-order valence-corrected chi connectivity index (χ4v) is 3.44. The van der Waals surface area contributed by atoms with Crippen molar-refractivity contribution in [3.8, 4) is 0 Å². The van der Waals surface area contributed by atoms with Gasteiger partial charge in [0.05, 0.1) is 11.2 Å². The van der Waals surface area contributed by atoms with Crippen LogP contribution >= 0.6 is 0 Å². The summed E-state index contributed by atoms with van der Waals surface area (Å²) in [6.07, 6.45) is 6.59. The highest BCUT2D eigenvalue weighted by Crippen LogP contribution is 2.48. The summed E-state index contributed by atoms with van der Waals surface area (Å²) in [6, 6.07) is 5.26. The molecule has 1 aromatic heterocycles. The van der Waals surface area contributed by atoms with Gasteiger partial charge in [0.2, 0.25) is 5.89 Å². The smallest absolute Gasteiger partial charge is 0.252 e. The molecule has 0 bridgehead atoms. The van der Waals surface area contributed by atoms with Gasteiger partial charge in [0, 0.05) is 0 Å². The van der Waals surface area contributed by atoms with Gasteiger partial charge in [-0.3, -0.25) is 4.79 Å². The minimum atomic E-state index is -0.497. The van der Waals surface area contributed by atoms with Crippen LogP contribution in [0.5, 0.6) is 0 Å². The van der Waals surface area contributed by atoms with Crippen molar-refractivity contribution in [3.63, 3.8) is 0 Å². The number of nitrogens with zero attached hydrogens (tertiary/aromatic N) is 1. The van der Waals surface area contributed by atoms with Gasteiger partial charge in [-0.1, -0.05) is 6.07 Å². The molecule has 5 nitrogen and oxygen atoms in total. The van der Waals surface area contributed by atoms with Gasteiger partial charge >= 0.3 is 0 Å². The quantitative estimate of drug-likeness (QED) is 0.920. The third-order valence-electron chi connectivity index (χ3n) is 4.73. The lowest BCUT2D eigenvalue weighted by atomic mass is 9.74. The van der Waals surface area contributed by atoms with E-state index in [2.05, 4.69) is 4.98 Å². The van der Waals surface area contributed by atoms with Crippen molar-refractivity contribution in [1.29, 1.82) is 0 Å². The number of carbonyl (C=O) groups excluding carboxylic acids is 1. The molecule has 1 unspecified atom stereocenters. The average molecular weight is 286 g/mol. The van der Waals surface area contributed by atoms with E-state index in [1.807, 2.05) is 6.07 Å². The number of fused-ring (bicyclic) bond motifs is 1. The van der Waals surface area contributed by atoms with E-state index < -0.39 is 5.91 Å². The van der Waals surface area contributed by atoms with Crippen LogP contribution in [0.1, 0.15) is 60.9 Å². The van der Waals surface area contributed by atoms with Gasteiger partial charge in [-0.15, -0.1) is 0 Å². The van der Waals surface area contributed by atoms with Gasteiger partial charge < -0.3 is 14.9 Å². The van der Waals surface area contributed by atoms with Crippen molar-refractivity contribution < 1.29 is 13.9 Å². The van der Waals surface area contributed by atoms with E-state index in [9.17, 15) is 4.79 Å². The summed E-state index contributed by atoms with van der Waals surface area (Å²) in [7, 11) is 0. The van der Waals surface area contributed by atoms with E-state index in [1.165, 1.54) is 6.42 Å². The zero-order chi connectivity index (χ0) is 14.4. The molecule has 5 heteroatoms. The molecule has 1 aliphatic carbocycles. The topological polar surface area (TPSA) is 78.4 Å². The highest BCUT2D eigenvalue weighted by atomic mass is 16.5. The summed E-state index contributed by atoms with van der Waals surface area (Å²) in [6.45, 7) is 0. The standard InChI is InChI=1S/C16H18N2O3/c17-14(19)10-4-1-5-11-13(10)20-15(18-11)12-6-2-7-16(21-12)8-3-9-16/h1,4-5,12H,2-3,6-9H2,(H2,17,19). The zero-order valence-electron chi connectivity index (χ0n) is 11.8. The first kappa shape index (κ1) is 12.8. The van der Waals surface area contributed by atoms with Gasteiger partial charge in [0.15, 0.2) is 5.58 Å². The first-order valence-corrected chi connectivity index (χ1v) is 7.54. The van der Waals surface area contributed by atoms with E-state index in [4.69, 9.17) is 14.9 Å². The molecular weight excluding hydrogens is 268 g/mol. The molecule has 4 rings (SSSR count). The predicted molar refractivity (Wildman–Crippen MR) is 76.8 cm³/mol. The molecule has 0 radical (unpaired) electrons. The van der Waals surface area contributed by atoms with Crippen LogP contribution in [-0.4, -0.2) is 16.5 Å². The van der Waals surface area contributed by atoms with Crippen LogP contribution in [0.2, 0.25) is 0 Å². The van der Waals surface area contributed by atoms with Crippen molar-refractivity contribution in [2.75, 3.05) is 0 Å². The fourth-order valence-electron chi connectivity index (χ4n) is 3.44. The van der Waals surface area contributed by atoms with E-state index in [0.29, 0.717) is 22.6 Å². The first-order chi connectivity index (χ1) is 10.2. The van der Waals surface area contributed by atoms with E-state index in [0.717, 1.165) is 32.1 Å². The van der Waals surface area contributed by atoms with Gasteiger partial charge in [0.1, 0.15) is 11.6 Å². The van der Waals surface area contributed by atoms with Gasteiger partial charge in [-0.25, -0.2) is 4.98 Å². The number of oxazole rings is 1. The number of para-hydroxylation sites is 1. The molecule has 1 atom stereocenters. The SMILES string of the molecule is NC(=O)c1cccc2nc(C3CCCC4(CCC4)O3)oc12. The third-order valence-corrected chi connectivity index (χ3v) is 4.73. The van der Waals surface area contributed by atoms with Gasteiger partial charge in [0.25, 0.3) is 5.91 Å². The molecule has 2 N–H and O–H groups in total. The minimum Gasteiger partial charge on any atom is -0.437 e. The van der Waals surface area contributed by atoms with Crippen molar-refractivity contribution in [2.24, 2.45) is 5.73 Å². The van der Waals surface area contributed by atoms with Crippen molar-refractivity contribution in [1.82, 2.24) is 4.98 Å². The Labute approximate surface area is 122 Å². The Hall–Kier alpha value is -1.88. The maximum Gasteiger partial charge on any atom is 0.252 e. The molecule has 1 saturated heterocycles. The Balaban J connectivity index is 1.70. The van der Waals surface area contributed by atoms with Crippen LogP contribution in [0.4, 0.5) is 0 Å². The number of ether oxygens (including phenoxy) is 1. The van der Waals surface area contributed by atoms with Crippen LogP contribution in [0.25, 0.3) is 11.1 Å². The molecule has 1 amide bonds. The summed E-state index contributed by atoms with van der Waals surface area (Å²) in [5.41, 5.74) is 6.94. The Morgan fingerprint density at radius 2 is 2.10 bits per heavy atom. The first-order valence-electron chi connectivity index (χ1n) is 7.54. The maximum absolute atomic E-state index is 11.5. The van der Waals surface area contributed by atoms with E-state index in [-0.39, 0.29) is 11.7 Å². The second-order valence-electron chi connectivity index (χ2n) is 6.11. The Morgan fingerprint density at radius 1 is 1.29 bits per heavy atom. The van der Waals surface area contributed by atoms with Crippen LogP contribution in [0.3, 0.4) is 0 Å². The van der Waals surface area contributed by atoms with Crippen molar-refractivity contribution >= 4 is 17.0 Å². The number of carbonyl (C=O) groups is 1. The molecule has 2 aromatic rings. The number of hydrogen-bond acceptors (Lipinski definition) is 4. The summed E-state index contributed by atoms with van der Waals surface area (Å²) >= 11 is 0. The molecule has 1 spiro atoms. The van der Waals surface area contributed by atoms with Crippen LogP contribution in [0.15, 0.2) is 22.6 Å². The minimum absolute atomic E-state index is 0.0517. The molecular formula is C16H18N2O3. The lowest BCUT2D eigenvalue weighted by Crippen LogP contribution is -2.43. The number of amides is 1. The number of primary amides is 1. The van der Waals surface area contributed by atoms with Crippen molar-refractivity contribution in [3.05, 3.63) is 29.7 Å². The monoisotopic (exact) mass is 286 g/mol. The third kappa shape index (κ3) is 2.03. The number of aromatic nitrogens is 1. The van der Waals surface area contributed by atoms with E-state index >= 15 is 0 Å². The second kappa shape index (κ2) is 4.56. The molecule has 110 valence electrons. The summed E-state index contributed by atoms with van der Waals surface area (Å²) in [5, 5.41) is 0. The summed E-state index contributed by atoms with van der Waals surface area (Å²) < 4.78 is 12.1. The number of rotatable bonds is 2. The molecule has 2 aliphatic rings. The largest absolute Gasteiger partial charge is 0.437 e. The van der Waals surface area contributed by atoms with Crippen LogP contribution < -0.4 is 5.73 Å². The predicted octanol–water partition coefficient (Wildman–Crippen LogP) is 3.09. The summed E-state index contributed by atoms with van der Waals surface area (Å²) in [5.74, 6) is 0.0769. The van der Waals surface area contributed by atoms with Gasteiger partial charge in [-0.2, -0.15) is 0 Å².